The number of nitrogens with zero attached hydrogens (tertiary/aromatic N) is 3. The van der Waals surface area contributed by atoms with Gasteiger partial charge >= 0.3 is 0 Å². The van der Waals surface area contributed by atoms with Crippen molar-refractivity contribution in [3.05, 3.63) is 164 Å². The van der Waals surface area contributed by atoms with Crippen LogP contribution in [0.2, 0.25) is 0 Å². The number of benzene rings is 6. The maximum Gasteiger partial charge on any atom is 0.164 e. The highest BCUT2D eigenvalue weighted by Gasteiger charge is 2.22. The summed E-state index contributed by atoms with van der Waals surface area (Å²) in [5.74, 6) is 0.597. The molecule has 0 saturated carbocycles. The average molecular weight is 642 g/mol. The minimum absolute atomic E-state index is 0.597. The van der Waals surface area contributed by atoms with Crippen molar-refractivity contribution in [1.29, 1.82) is 0 Å². The molecular weight excluding hydrogens is 615 g/mol. The minimum Gasteiger partial charge on any atom is -0.456 e. The Hall–Kier alpha value is -6.85. The summed E-state index contributed by atoms with van der Waals surface area (Å²) < 4.78 is 13.0. The molecule has 0 bridgehead atoms. The second-order valence-electron chi connectivity index (χ2n) is 12.4. The van der Waals surface area contributed by atoms with Gasteiger partial charge in [-0.1, -0.05) is 115 Å². The molecule has 5 nitrogen and oxygen atoms in total. The van der Waals surface area contributed by atoms with Crippen molar-refractivity contribution in [3.63, 3.8) is 0 Å². The number of fused-ring (bicyclic) bond motifs is 6. The lowest BCUT2D eigenvalue weighted by Crippen LogP contribution is -1.96. The molecule has 5 heteroatoms. The number of rotatable bonds is 5. The maximum absolute atomic E-state index is 6.73. The summed E-state index contributed by atoms with van der Waals surface area (Å²) >= 11 is 0. The molecule has 10 rings (SSSR count). The predicted octanol–water partition coefficient (Wildman–Crippen LogP) is 12.0. The van der Waals surface area contributed by atoms with Crippen molar-refractivity contribution in [2.24, 2.45) is 0 Å². The summed E-state index contributed by atoms with van der Waals surface area (Å²) in [5, 5.41) is 4.23. The number of para-hydroxylation sites is 2. The number of pyridine rings is 1. The SMILES string of the molecule is c1ccc(-c2cc(-c3ccc(-c4cccnc4)cc3)nc(-c3ccc(-c4cccc5oc6ccccc6c45)c4c3oc3ccccc34)n2)cc1. The first-order valence-electron chi connectivity index (χ1n) is 16.6. The van der Waals surface area contributed by atoms with Crippen LogP contribution in [0.5, 0.6) is 0 Å². The first-order valence-corrected chi connectivity index (χ1v) is 16.6. The molecule has 0 fully saturated rings. The van der Waals surface area contributed by atoms with E-state index in [0.717, 1.165) is 94.2 Å². The molecule has 0 saturated heterocycles. The van der Waals surface area contributed by atoms with E-state index in [2.05, 4.69) is 102 Å². The van der Waals surface area contributed by atoms with Crippen LogP contribution in [0.3, 0.4) is 0 Å². The van der Waals surface area contributed by atoms with E-state index in [9.17, 15) is 0 Å². The maximum atomic E-state index is 6.73. The van der Waals surface area contributed by atoms with Gasteiger partial charge in [0.15, 0.2) is 5.82 Å². The highest BCUT2D eigenvalue weighted by Crippen LogP contribution is 2.45. The van der Waals surface area contributed by atoms with E-state index in [4.69, 9.17) is 18.8 Å². The first-order chi connectivity index (χ1) is 24.8. The van der Waals surface area contributed by atoms with Gasteiger partial charge in [-0.05, 0) is 58.7 Å². The Morgan fingerprint density at radius 1 is 0.400 bits per heavy atom. The molecule has 0 unspecified atom stereocenters. The Bertz CT molecular complexity index is 2850. The van der Waals surface area contributed by atoms with Gasteiger partial charge in [-0.3, -0.25) is 4.98 Å². The van der Waals surface area contributed by atoms with Crippen molar-refractivity contribution in [3.8, 4) is 56.2 Å². The molecule has 0 atom stereocenters. The third-order valence-corrected chi connectivity index (χ3v) is 9.43. The van der Waals surface area contributed by atoms with Gasteiger partial charge in [0, 0.05) is 45.1 Å². The molecule has 0 aliphatic carbocycles. The molecule has 0 aliphatic rings. The molecule has 10 aromatic rings. The van der Waals surface area contributed by atoms with Gasteiger partial charge in [-0.2, -0.15) is 0 Å². The third kappa shape index (κ3) is 4.60. The van der Waals surface area contributed by atoms with Crippen LogP contribution < -0.4 is 0 Å². The highest BCUT2D eigenvalue weighted by molar-refractivity contribution is 6.21. The van der Waals surface area contributed by atoms with Crippen LogP contribution in [-0.2, 0) is 0 Å². The molecular formula is C45H27N3O2. The second kappa shape index (κ2) is 11.4. The molecule has 50 heavy (non-hydrogen) atoms. The van der Waals surface area contributed by atoms with Crippen molar-refractivity contribution in [2.45, 2.75) is 0 Å². The van der Waals surface area contributed by atoms with Crippen LogP contribution in [0.4, 0.5) is 0 Å². The molecule has 4 aromatic heterocycles. The normalized spacial score (nSPS) is 11.6. The van der Waals surface area contributed by atoms with Crippen LogP contribution >= 0.6 is 0 Å². The van der Waals surface area contributed by atoms with Crippen LogP contribution in [0, 0.1) is 0 Å². The number of hydrogen-bond acceptors (Lipinski definition) is 5. The fourth-order valence-electron chi connectivity index (χ4n) is 7.07. The lowest BCUT2D eigenvalue weighted by molar-refractivity contribution is 0.668. The monoisotopic (exact) mass is 641 g/mol. The molecule has 0 radical (unpaired) electrons. The van der Waals surface area contributed by atoms with E-state index in [1.807, 2.05) is 60.8 Å². The van der Waals surface area contributed by atoms with Crippen molar-refractivity contribution in [1.82, 2.24) is 15.0 Å². The molecule has 0 amide bonds. The van der Waals surface area contributed by atoms with Crippen molar-refractivity contribution in [2.75, 3.05) is 0 Å². The van der Waals surface area contributed by atoms with Gasteiger partial charge in [-0.25, -0.2) is 9.97 Å². The van der Waals surface area contributed by atoms with Gasteiger partial charge in [0.05, 0.1) is 17.0 Å². The zero-order valence-electron chi connectivity index (χ0n) is 26.7. The summed E-state index contributed by atoms with van der Waals surface area (Å²) in [5.41, 5.74) is 12.1. The Labute approximate surface area is 287 Å². The van der Waals surface area contributed by atoms with Crippen molar-refractivity contribution < 1.29 is 8.83 Å². The summed E-state index contributed by atoms with van der Waals surface area (Å²) in [6.07, 6.45) is 3.67. The number of furan rings is 2. The molecule has 0 aliphatic heterocycles. The second-order valence-corrected chi connectivity index (χ2v) is 12.4. The Kier molecular flexibility index (Phi) is 6.42. The smallest absolute Gasteiger partial charge is 0.164 e. The lowest BCUT2D eigenvalue weighted by atomic mass is 9.93. The van der Waals surface area contributed by atoms with Crippen LogP contribution in [0.15, 0.2) is 173 Å². The summed E-state index contributed by atoms with van der Waals surface area (Å²) in [7, 11) is 0. The number of aromatic nitrogens is 3. The topological polar surface area (TPSA) is 65.0 Å². The first kappa shape index (κ1) is 28.2. The van der Waals surface area contributed by atoms with E-state index in [-0.39, 0.29) is 0 Å². The fraction of sp³-hybridized carbons (Fsp3) is 0. The quantitative estimate of drug-likeness (QED) is 0.187. The largest absolute Gasteiger partial charge is 0.456 e. The molecule has 0 N–H and O–H groups in total. The van der Waals surface area contributed by atoms with Crippen molar-refractivity contribution >= 4 is 43.9 Å². The van der Waals surface area contributed by atoms with Crippen LogP contribution in [0.1, 0.15) is 0 Å². The Balaban J connectivity index is 1.21. The molecule has 0 spiro atoms. The summed E-state index contributed by atoms with van der Waals surface area (Å²) in [6.45, 7) is 0. The predicted molar refractivity (Wildman–Crippen MR) is 202 cm³/mol. The third-order valence-electron chi connectivity index (χ3n) is 9.43. The summed E-state index contributed by atoms with van der Waals surface area (Å²) in [6, 6.07) is 51.7. The molecule has 4 heterocycles. The van der Waals surface area contributed by atoms with Gasteiger partial charge in [0.2, 0.25) is 0 Å². The fourth-order valence-corrected chi connectivity index (χ4v) is 7.07. The van der Waals surface area contributed by atoms with Gasteiger partial charge in [0.1, 0.15) is 22.3 Å². The average Bonchev–Trinajstić information content (AvgIpc) is 3.77. The Morgan fingerprint density at radius 3 is 1.76 bits per heavy atom. The zero-order valence-corrected chi connectivity index (χ0v) is 26.7. The van der Waals surface area contributed by atoms with Gasteiger partial charge in [0.25, 0.3) is 0 Å². The van der Waals surface area contributed by atoms with E-state index in [1.54, 1.807) is 6.20 Å². The van der Waals surface area contributed by atoms with E-state index in [0.29, 0.717) is 5.82 Å². The summed E-state index contributed by atoms with van der Waals surface area (Å²) in [4.78, 5) is 14.7. The highest BCUT2D eigenvalue weighted by atomic mass is 16.3. The number of hydrogen-bond donors (Lipinski definition) is 0. The van der Waals surface area contributed by atoms with Crippen LogP contribution in [-0.4, -0.2) is 15.0 Å². The zero-order chi connectivity index (χ0) is 33.0. The van der Waals surface area contributed by atoms with Crippen LogP contribution in [0.25, 0.3) is 100 Å². The van der Waals surface area contributed by atoms with E-state index < -0.39 is 0 Å². The Morgan fingerprint density at radius 2 is 1.00 bits per heavy atom. The van der Waals surface area contributed by atoms with E-state index in [1.165, 1.54) is 0 Å². The molecule has 6 aromatic carbocycles. The van der Waals surface area contributed by atoms with Gasteiger partial charge < -0.3 is 8.83 Å². The standard InChI is InChI=1S/C45H27N3O2/c1-2-10-29(11-3-1)37-26-38(30-21-19-28(20-22-30)31-12-9-25-46-27-31)48-45(47-37)36-24-23-33(43-35-14-5-7-17-40(35)50-44(36)43)32-15-8-18-41-42(32)34-13-4-6-16-39(34)49-41/h1-27H. The molecule has 234 valence electrons. The lowest BCUT2D eigenvalue weighted by Gasteiger charge is -2.12. The van der Waals surface area contributed by atoms with Gasteiger partial charge in [-0.15, -0.1) is 0 Å². The minimum atomic E-state index is 0.597. The van der Waals surface area contributed by atoms with E-state index >= 15 is 0 Å².